The van der Waals surface area contributed by atoms with Crippen molar-refractivity contribution in [3.63, 3.8) is 0 Å². The Morgan fingerprint density at radius 3 is 2.67 bits per heavy atom. The van der Waals surface area contributed by atoms with Crippen molar-refractivity contribution in [2.75, 3.05) is 5.32 Å². The van der Waals surface area contributed by atoms with Gasteiger partial charge in [-0.15, -0.1) is 0 Å². The lowest BCUT2D eigenvalue weighted by molar-refractivity contribution is -0.384. The van der Waals surface area contributed by atoms with Gasteiger partial charge in [0, 0.05) is 12.7 Å². The molecular weight excluding hydrogens is 291 g/mol. The molecule has 2 aromatic heterocycles. The van der Waals surface area contributed by atoms with Crippen LogP contribution in [0.2, 0.25) is 0 Å². The molecule has 0 aliphatic rings. The third kappa shape index (κ3) is 3.27. The van der Waals surface area contributed by atoms with Gasteiger partial charge >= 0.3 is 11.9 Å². The fourth-order valence-corrected chi connectivity index (χ4v) is 1.61. The quantitative estimate of drug-likeness (QED) is 0.693. The number of nitro groups is 1. The minimum absolute atomic E-state index is 0.294. The van der Waals surface area contributed by atoms with Gasteiger partial charge in [-0.25, -0.2) is 4.98 Å². The molecule has 0 atom stereocenters. The van der Waals surface area contributed by atoms with Crippen LogP contribution < -0.4 is 5.32 Å². The molecule has 2 heterocycles. The summed E-state index contributed by atoms with van der Waals surface area (Å²) < 4.78 is 39.4. The zero-order valence-electron chi connectivity index (χ0n) is 10.8. The van der Waals surface area contributed by atoms with Gasteiger partial charge in [-0.1, -0.05) is 0 Å². The molecule has 0 spiro atoms. The molecule has 0 aliphatic heterocycles. The maximum Gasteiger partial charge on any atom is 0.433 e. The first-order chi connectivity index (χ1) is 9.81. The van der Waals surface area contributed by atoms with E-state index in [0.717, 1.165) is 0 Å². The molecule has 21 heavy (non-hydrogen) atoms. The van der Waals surface area contributed by atoms with E-state index in [1.165, 1.54) is 17.1 Å². The van der Waals surface area contributed by atoms with Crippen LogP contribution in [0.3, 0.4) is 0 Å². The van der Waals surface area contributed by atoms with Crippen molar-refractivity contribution in [1.82, 2.24) is 14.8 Å². The van der Waals surface area contributed by atoms with Gasteiger partial charge in [0.25, 0.3) is 0 Å². The van der Waals surface area contributed by atoms with Gasteiger partial charge in [-0.05, 0) is 13.0 Å². The Morgan fingerprint density at radius 2 is 2.14 bits per heavy atom. The van der Waals surface area contributed by atoms with E-state index >= 15 is 0 Å². The van der Waals surface area contributed by atoms with Gasteiger partial charge in [0.1, 0.15) is 17.6 Å². The number of alkyl halides is 3. The Morgan fingerprint density at radius 1 is 1.43 bits per heavy atom. The summed E-state index contributed by atoms with van der Waals surface area (Å²) in [5.74, 6) is 0. The summed E-state index contributed by atoms with van der Waals surface area (Å²) in [6, 6.07) is 0.599. The lowest BCUT2D eigenvalue weighted by Crippen LogP contribution is -2.09. The van der Waals surface area contributed by atoms with Gasteiger partial charge in [0.2, 0.25) is 0 Å². The number of hydrogen-bond donors (Lipinski definition) is 1. The van der Waals surface area contributed by atoms with Gasteiger partial charge < -0.3 is 5.32 Å². The molecule has 0 saturated carbocycles. The Labute approximate surface area is 116 Å². The zero-order chi connectivity index (χ0) is 15.6. The minimum atomic E-state index is -4.68. The fourth-order valence-electron chi connectivity index (χ4n) is 1.61. The summed E-state index contributed by atoms with van der Waals surface area (Å²) in [5, 5.41) is 17.3. The Balaban J connectivity index is 2.41. The molecule has 10 heteroatoms. The number of aromatic nitrogens is 3. The average molecular weight is 301 g/mol. The van der Waals surface area contributed by atoms with Crippen molar-refractivity contribution in [1.29, 1.82) is 0 Å². The average Bonchev–Trinajstić information content (AvgIpc) is 2.85. The predicted octanol–water partition coefficient (Wildman–Crippen LogP) is 2.97. The fraction of sp³-hybridized carbons (Fsp3) is 0.273. The molecule has 112 valence electrons. The molecule has 0 fully saturated rings. The van der Waals surface area contributed by atoms with Gasteiger partial charge in [0.05, 0.1) is 16.8 Å². The van der Waals surface area contributed by atoms with Crippen molar-refractivity contribution in [2.24, 2.45) is 0 Å². The highest BCUT2D eigenvalue weighted by molar-refractivity contribution is 5.68. The molecule has 2 rings (SSSR count). The first-order valence-corrected chi connectivity index (χ1v) is 5.82. The molecule has 0 radical (unpaired) electrons. The highest BCUT2D eigenvalue weighted by Crippen LogP contribution is 2.34. The molecule has 0 saturated heterocycles. The smallest absolute Gasteiger partial charge is 0.347 e. The summed E-state index contributed by atoms with van der Waals surface area (Å²) >= 11 is 0. The molecule has 0 bridgehead atoms. The second-order valence-corrected chi connectivity index (χ2v) is 4.05. The summed E-state index contributed by atoms with van der Waals surface area (Å²) in [6.45, 7) is 2.39. The van der Waals surface area contributed by atoms with E-state index in [0.29, 0.717) is 24.5 Å². The van der Waals surface area contributed by atoms with Crippen LogP contribution in [0.25, 0.3) is 0 Å². The number of anilines is 2. The third-order valence-electron chi connectivity index (χ3n) is 2.61. The van der Waals surface area contributed by atoms with Gasteiger partial charge in [0.15, 0.2) is 0 Å². The van der Waals surface area contributed by atoms with Crippen LogP contribution in [0.5, 0.6) is 0 Å². The minimum Gasteiger partial charge on any atom is -0.347 e. The molecule has 1 N–H and O–H groups in total. The van der Waals surface area contributed by atoms with Crippen LogP contribution in [0.4, 0.5) is 30.2 Å². The molecule has 0 aromatic carbocycles. The van der Waals surface area contributed by atoms with Crippen LogP contribution in [-0.2, 0) is 12.7 Å². The number of nitrogens with zero attached hydrogens (tertiary/aromatic N) is 4. The standard InChI is InChI=1S/C11H10F3N5O2/c1-2-18-6-7(4-16-18)17-8-3-10(11(12,13)14)15-5-9(8)19(20)21/h3-6H,2H2,1H3,(H,15,17). The summed E-state index contributed by atoms with van der Waals surface area (Å²) in [6.07, 6.45) is -1.22. The summed E-state index contributed by atoms with van der Waals surface area (Å²) in [5.41, 5.74) is -1.71. The summed E-state index contributed by atoms with van der Waals surface area (Å²) in [4.78, 5) is 13.1. The van der Waals surface area contributed by atoms with Crippen molar-refractivity contribution in [3.05, 3.63) is 40.5 Å². The number of hydrogen-bond acceptors (Lipinski definition) is 5. The maximum atomic E-state index is 12.6. The van der Waals surface area contributed by atoms with Gasteiger partial charge in [-0.3, -0.25) is 14.8 Å². The van der Waals surface area contributed by atoms with E-state index < -0.39 is 22.5 Å². The molecule has 2 aromatic rings. The van der Waals surface area contributed by atoms with E-state index in [1.807, 2.05) is 6.92 Å². The highest BCUT2D eigenvalue weighted by atomic mass is 19.4. The van der Waals surface area contributed by atoms with Gasteiger partial charge in [-0.2, -0.15) is 18.3 Å². The molecule has 0 aliphatic carbocycles. The van der Waals surface area contributed by atoms with Crippen molar-refractivity contribution in [2.45, 2.75) is 19.6 Å². The lowest BCUT2D eigenvalue weighted by atomic mass is 10.2. The van der Waals surface area contributed by atoms with E-state index in [2.05, 4.69) is 15.4 Å². The maximum absolute atomic E-state index is 12.6. The molecule has 7 nitrogen and oxygen atoms in total. The highest BCUT2D eigenvalue weighted by Gasteiger charge is 2.34. The number of halogens is 3. The second-order valence-electron chi connectivity index (χ2n) is 4.05. The van der Waals surface area contributed by atoms with Crippen LogP contribution in [-0.4, -0.2) is 19.7 Å². The van der Waals surface area contributed by atoms with Crippen molar-refractivity contribution < 1.29 is 18.1 Å². The Kier molecular flexibility index (Phi) is 3.78. The number of rotatable bonds is 4. The number of nitrogens with one attached hydrogen (secondary N) is 1. The molecule has 0 amide bonds. The van der Waals surface area contributed by atoms with Crippen molar-refractivity contribution in [3.8, 4) is 0 Å². The lowest BCUT2D eigenvalue weighted by Gasteiger charge is -2.09. The third-order valence-corrected chi connectivity index (χ3v) is 2.61. The van der Waals surface area contributed by atoms with E-state index in [-0.39, 0.29) is 5.69 Å². The SMILES string of the molecule is CCn1cc(Nc2cc(C(F)(F)F)ncc2[N+](=O)[O-])cn1. The summed E-state index contributed by atoms with van der Waals surface area (Å²) in [7, 11) is 0. The van der Waals surface area contributed by atoms with E-state index in [1.54, 1.807) is 0 Å². The monoisotopic (exact) mass is 301 g/mol. The van der Waals surface area contributed by atoms with E-state index in [4.69, 9.17) is 0 Å². The van der Waals surface area contributed by atoms with Crippen LogP contribution in [0.15, 0.2) is 24.7 Å². The first-order valence-electron chi connectivity index (χ1n) is 5.82. The predicted molar refractivity (Wildman–Crippen MR) is 67.1 cm³/mol. The van der Waals surface area contributed by atoms with Crippen molar-refractivity contribution >= 4 is 17.1 Å². The zero-order valence-corrected chi connectivity index (χ0v) is 10.8. The molecular formula is C11H10F3N5O2. The number of pyridine rings is 1. The Hall–Kier alpha value is -2.65. The Bertz CT molecular complexity index is 668. The van der Waals surface area contributed by atoms with E-state index in [9.17, 15) is 23.3 Å². The van der Waals surface area contributed by atoms with Crippen LogP contribution in [0.1, 0.15) is 12.6 Å². The van der Waals surface area contributed by atoms with Crippen LogP contribution >= 0.6 is 0 Å². The molecule has 0 unspecified atom stereocenters. The second kappa shape index (κ2) is 5.38. The number of aryl methyl sites for hydroxylation is 1. The largest absolute Gasteiger partial charge is 0.433 e. The normalized spacial score (nSPS) is 11.4. The van der Waals surface area contributed by atoms with Crippen LogP contribution in [0, 0.1) is 10.1 Å². The first kappa shape index (κ1) is 14.8. The topological polar surface area (TPSA) is 85.9 Å².